The third-order valence-corrected chi connectivity index (χ3v) is 7.80. The van der Waals surface area contributed by atoms with Crippen LogP contribution in [0.25, 0.3) is 17.0 Å². The lowest BCUT2D eigenvalue weighted by atomic mass is 9.94. The zero-order valence-electron chi connectivity index (χ0n) is 19.5. The highest BCUT2D eigenvalue weighted by atomic mass is 32.2. The van der Waals surface area contributed by atoms with Gasteiger partial charge in [0.25, 0.3) is 5.91 Å². The molecular weight excluding hydrogens is 426 g/mol. The summed E-state index contributed by atoms with van der Waals surface area (Å²) >= 11 is 1.53. The minimum absolute atomic E-state index is 0.105. The summed E-state index contributed by atoms with van der Waals surface area (Å²) in [5.74, 6) is 0.105. The summed E-state index contributed by atoms with van der Waals surface area (Å²) in [6, 6.07) is 16.9. The Labute approximate surface area is 200 Å². The number of aryl methyl sites for hydroxylation is 2. The second-order valence-electron chi connectivity index (χ2n) is 8.84. The second kappa shape index (κ2) is 9.60. The number of hydrogen-bond donors (Lipinski definition) is 0. The highest BCUT2D eigenvalue weighted by Gasteiger charge is 2.38. The molecule has 1 saturated heterocycles. The maximum atomic E-state index is 13.7. The molecule has 1 aliphatic carbocycles. The number of thioether (sulfide) groups is 1. The summed E-state index contributed by atoms with van der Waals surface area (Å²) in [6.45, 7) is 5.21. The molecule has 0 radical (unpaired) electrons. The molecule has 0 N–H and O–H groups in total. The number of aromatic nitrogens is 1. The maximum absolute atomic E-state index is 13.7. The van der Waals surface area contributed by atoms with Crippen LogP contribution in [0.1, 0.15) is 57.1 Å². The zero-order chi connectivity index (χ0) is 22.8. The highest BCUT2D eigenvalue weighted by molar-refractivity contribution is 8.18. The molecule has 0 spiro atoms. The van der Waals surface area contributed by atoms with Gasteiger partial charge in [0.2, 0.25) is 0 Å². The quantitative estimate of drug-likeness (QED) is 0.381. The molecule has 2 fully saturated rings. The average molecular weight is 458 g/mol. The first-order valence-electron chi connectivity index (χ1n) is 12.2. The standard InChI is InChI=1S/C28H31N3OS/c1-3-20-12-8-10-16-24(20)29-28-31(22-13-6-5-7-14-22)27(32)26(33-28)18-21-19-30(4-2)25-17-11-9-15-23(21)25/h8-12,15-19,22H,3-7,13-14H2,1-2H3/b26-18+,29-28?. The van der Waals surface area contributed by atoms with Crippen molar-refractivity contribution in [3.8, 4) is 0 Å². The Morgan fingerprint density at radius 2 is 1.79 bits per heavy atom. The van der Waals surface area contributed by atoms with Crippen LogP contribution in [0.3, 0.4) is 0 Å². The third kappa shape index (κ3) is 4.26. The van der Waals surface area contributed by atoms with E-state index in [2.05, 4.69) is 73.2 Å². The highest BCUT2D eigenvalue weighted by Crippen LogP contribution is 2.39. The summed E-state index contributed by atoms with van der Waals surface area (Å²) in [7, 11) is 0. The molecule has 2 aliphatic rings. The number of carbonyl (C=O) groups excluding carboxylic acids is 1. The lowest BCUT2D eigenvalue weighted by Gasteiger charge is -2.30. The third-order valence-electron chi connectivity index (χ3n) is 6.81. The number of amides is 1. The van der Waals surface area contributed by atoms with Gasteiger partial charge in [0.05, 0.1) is 10.6 Å². The van der Waals surface area contributed by atoms with Crippen LogP contribution >= 0.6 is 11.8 Å². The van der Waals surface area contributed by atoms with E-state index in [1.807, 2.05) is 11.0 Å². The number of nitrogens with zero attached hydrogens (tertiary/aromatic N) is 3. The largest absolute Gasteiger partial charge is 0.347 e. The average Bonchev–Trinajstić information content (AvgIpc) is 3.37. The van der Waals surface area contributed by atoms with E-state index in [9.17, 15) is 4.79 Å². The number of fused-ring (bicyclic) bond motifs is 1. The molecule has 1 saturated carbocycles. The van der Waals surface area contributed by atoms with Crippen molar-refractivity contribution in [3.63, 3.8) is 0 Å². The van der Waals surface area contributed by atoms with Gasteiger partial charge in [-0.25, -0.2) is 4.99 Å². The van der Waals surface area contributed by atoms with Gasteiger partial charge in [-0.3, -0.25) is 9.69 Å². The van der Waals surface area contributed by atoms with Gasteiger partial charge in [0.15, 0.2) is 5.17 Å². The number of amidine groups is 1. The first-order chi connectivity index (χ1) is 16.2. The number of benzene rings is 2. The van der Waals surface area contributed by atoms with Gasteiger partial charge in [-0.05, 0) is 61.7 Å². The Hall–Kier alpha value is -2.79. The molecule has 4 nitrogen and oxygen atoms in total. The molecule has 33 heavy (non-hydrogen) atoms. The Morgan fingerprint density at radius 3 is 2.58 bits per heavy atom. The summed E-state index contributed by atoms with van der Waals surface area (Å²) in [6.07, 6.45) is 10.9. The van der Waals surface area contributed by atoms with Crippen molar-refractivity contribution in [2.75, 3.05) is 0 Å². The van der Waals surface area contributed by atoms with Crippen molar-refractivity contribution in [1.29, 1.82) is 0 Å². The van der Waals surface area contributed by atoms with Crippen LogP contribution in [-0.4, -0.2) is 26.6 Å². The topological polar surface area (TPSA) is 37.6 Å². The molecule has 3 aromatic rings. The number of para-hydroxylation sites is 2. The Kier molecular flexibility index (Phi) is 6.41. The van der Waals surface area contributed by atoms with Crippen LogP contribution < -0.4 is 0 Å². The summed E-state index contributed by atoms with van der Waals surface area (Å²) in [5, 5.41) is 2.02. The van der Waals surface area contributed by atoms with E-state index in [1.54, 1.807) is 0 Å². The Balaban J connectivity index is 1.58. The summed E-state index contributed by atoms with van der Waals surface area (Å²) in [4.78, 5) is 21.5. The van der Waals surface area contributed by atoms with E-state index >= 15 is 0 Å². The fourth-order valence-corrected chi connectivity index (χ4v) is 6.08. The molecule has 0 bridgehead atoms. The first kappa shape index (κ1) is 22.0. The van der Waals surface area contributed by atoms with E-state index in [1.165, 1.54) is 47.5 Å². The molecule has 1 aromatic heterocycles. The molecule has 1 aliphatic heterocycles. The lowest BCUT2D eigenvalue weighted by Crippen LogP contribution is -2.40. The Morgan fingerprint density at radius 1 is 1.03 bits per heavy atom. The van der Waals surface area contributed by atoms with Crippen LogP contribution in [0.5, 0.6) is 0 Å². The fraction of sp³-hybridized carbons (Fsp3) is 0.357. The minimum atomic E-state index is 0.105. The lowest BCUT2D eigenvalue weighted by molar-refractivity contribution is -0.124. The van der Waals surface area contributed by atoms with E-state index in [-0.39, 0.29) is 11.9 Å². The normalized spacial score (nSPS) is 19.9. The predicted octanol–water partition coefficient (Wildman–Crippen LogP) is 7.16. The Bertz CT molecular complexity index is 1230. The van der Waals surface area contributed by atoms with Crippen LogP contribution in [-0.2, 0) is 17.8 Å². The zero-order valence-corrected chi connectivity index (χ0v) is 20.3. The number of hydrogen-bond acceptors (Lipinski definition) is 3. The predicted molar refractivity (Wildman–Crippen MR) is 140 cm³/mol. The van der Waals surface area contributed by atoms with Crippen LogP contribution in [0.2, 0.25) is 0 Å². The van der Waals surface area contributed by atoms with Crippen molar-refractivity contribution in [2.24, 2.45) is 4.99 Å². The van der Waals surface area contributed by atoms with Crippen molar-refractivity contribution in [3.05, 3.63) is 70.8 Å². The molecule has 2 aromatic carbocycles. The molecule has 0 unspecified atom stereocenters. The van der Waals surface area contributed by atoms with E-state index < -0.39 is 0 Å². The van der Waals surface area contributed by atoms with Crippen molar-refractivity contribution < 1.29 is 4.79 Å². The first-order valence-corrected chi connectivity index (χ1v) is 13.0. The van der Waals surface area contributed by atoms with Gasteiger partial charge in [-0.2, -0.15) is 0 Å². The molecule has 5 rings (SSSR count). The summed E-state index contributed by atoms with van der Waals surface area (Å²) in [5.41, 5.74) is 4.49. The molecule has 0 atom stereocenters. The van der Waals surface area contributed by atoms with Crippen molar-refractivity contribution in [1.82, 2.24) is 9.47 Å². The number of carbonyl (C=O) groups is 1. The number of aliphatic imine (C=N–C) groups is 1. The summed E-state index contributed by atoms with van der Waals surface area (Å²) < 4.78 is 2.25. The van der Waals surface area contributed by atoms with Crippen LogP contribution in [0.15, 0.2) is 64.6 Å². The molecule has 5 heteroatoms. The smallest absolute Gasteiger partial charge is 0.267 e. The minimum Gasteiger partial charge on any atom is -0.347 e. The molecule has 170 valence electrons. The second-order valence-corrected chi connectivity index (χ2v) is 9.85. The monoisotopic (exact) mass is 457 g/mol. The van der Waals surface area contributed by atoms with E-state index in [0.717, 1.165) is 47.1 Å². The van der Waals surface area contributed by atoms with Gasteiger partial charge in [-0.15, -0.1) is 0 Å². The van der Waals surface area contributed by atoms with Crippen molar-refractivity contribution >= 4 is 45.5 Å². The van der Waals surface area contributed by atoms with Gasteiger partial charge in [0, 0.05) is 35.2 Å². The molecule has 1 amide bonds. The van der Waals surface area contributed by atoms with Crippen LogP contribution in [0, 0.1) is 0 Å². The van der Waals surface area contributed by atoms with Gasteiger partial charge >= 0.3 is 0 Å². The SMILES string of the molecule is CCc1ccccc1N=C1S/C(=C/c2cn(CC)c3ccccc23)C(=O)N1C1CCCCC1. The number of rotatable bonds is 5. The molecule has 2 heterocycles. The van der Waals surface area contributed by atoms with E-state index in [0.29, 0.717) is 0 Å². The van der Waals surface area contributed by atoms with Crippen LogP contribution in [0.4, 0.5) is 5.69 Å². The van der Waals surface area contributed by atoms with Gasteiger partial charge < -0.3 is 4.57 Å². The van der Waals surface area contributed by atoms with Gasteiger partial charge in [0.1, 0.15) is 0 Å². The maximum Gasteiger partial charge on any atom is 0.267 e. The molecular formula is C28H31N3OS. The van der Waals surface area contributed by atoms with Gasteiger partial charge in [-0.1, -0.05) is 62.6 Å². The van der Waals surface area contributed by atoms with Crippen molar-refractivity contribution in [2.45, 2.75) is 65.0 Å². The fourth-order valence-electron chi connectivity index (χ4n) is 5.04. The van der Waals surface area contributed by atoms with E-state index in [4.69, 9.17) is 4.99 Å².